The molecule has 0 unspecified atom stereocenters. The molecule has 3 heterocycles. The second-order valence-corrected chi connectivity index (χ2v) is 11.6. The molecular weight excluding hydrogens is 518 g/mol. The van der Waals surface area contributed by atoms with Gasteiger partial charge in [-0.1, -0.05) is 31.5 Å². The molecule has 1 aliphatic rings. The minimum absolute atomic E-state index is 0.101. The standard InChI is InChI=1S/C29H31BClFN4O3/c1-17-25(34-8-7-29(4,39)28(2,3)16-34)12-19(15-33-17)22-14-20(32)13-21(26(22)37)18-5-6-24(23(31)11-18)35-9-10-36(30)27(35)38/h5-6,9-15,37,39H,7-8,16,30H2,1-4H3/t29-/m0/s1. The smallest absolute Gasteiger partial charge is 0.319 e. The number of pyridine rings is 1. The third-order valence-electron chi connectivity index (χ3n) is 8.16. The number of aromatic hydroxyl groups is 1. The monoisotopic (exact) mass is 548 g/mol. The van der Waals surface area contributed by atoms with Crippen LogP contribution in [0.2, 0.25) is 5.02 Å². The van der Waals surface area contributed by atoms with Crippen LogP contribution in [0.5, 0.6) is 5.75 Å². The van der Waals surface area contributed by atoms with Gasteiger partial charge in [0.15, 0.2) is 0 Å². The maximum absolute atomic E-state index is 15.0. The van der Waals surface area contributed by atoms with E-state index in [-0.39, 0.29) is 27.4 Å². The number of imidazole rings is 1. The summed E-state index contributed by atoms with van der Waals surface area (Å²) in [4.78, 5) is 19.1. The quantitative estimate of drug-likeness (QED) is 0.366. The Hall–Kier alpha value is -3.56. The minimum atomic E-state index is -0.788. The van der Waals surface area contributed by atoms with Crippen molar-refractivity contribution in [3.63, 3.8) is 0 Å². The maximum Gasteiger partial charge on any atom is 0.319 e. The number of anilines is 1. The number of benzene rings is 2. The first-order valence-electron chi connectivity index (χ1n) is 12.8. The van der Waals surface area contributed by atoms with Gasteiger partial charge in [0.05, 0.1) is 27.7 Å². The highest BCUT2D eigenvalue weighted by atomic mass is 35.5. The first kappa shape index (κ1) is 27.0. The number of phenolic OH excluding ortho intramolecular Hbond substituents is 1. The van der Waals surface area contributed by atoms with Crippen LogP contribution in [-0.4, -0.2) is 50.9 Å². The third-order valence-corrected chi connectivity index (χ3v) is 8.47. The highest BCUT2D eigenvalue weighted by Gasteiger charge is 2.44. The molecule has 0 spiro atoms. The fourth-order valence-corrected chi connectivity index (χ4v) is 5.44. The van der Waals surface area contributed by atoms with E-state index >= 15 is 0 Å². The van der Waals surface area contributed by atoms with Crippen molar-refractivity contribution in [2.24, 2.45) is 5.41 Å². The second kappa shape index (κ2) is 9.57. The van der Waals surface area contributed by atoms with E-state index in [0.717, 1.165) is 11.4 Å². The summed E-state index contributed by atoms with van der Waals surface area (Å²) in [7, 11) is 1.65. The maximum atomic E-state index is 15.0. The predicted molar refractivity (Wildman–Crippen MR) is 155 cm³/mol. The Morgan fingerprint density at radius 1 is 1.05 bits per heavy atom. The lowest BCUT2D eigenvalue weighted by molar-refractivity contribution is -0.0649. The molecule has 0 bridgehead atoms. The molecule has 1 fully saturated rings. The second-order valence-electron chi connectivity index (χ2n) is 11.2. The number of aryl methyl sites for hydroxylation is 1. The van der Waals surface area contributed by atoms with Gasteiger partial charge >= 0.3 is 5.69 Å². The van der Waals surface area contributed by atoms with Gasteiger partial charge in [-0.15, -0.1) is 0 Å². The van der Waals surface area contributed by atoms with Crippen LogP contribution < -0.4 is 10.6 Å². The van der Waals surface area contributed by atoms with Crippen LogP contribution in [0, 0.1) is 18.2 Å². The highest BCUT2D eigenvalue weighted by molar-refractivity contribution is 6.32. The van der Waals surface area contributed by atoms with E-state index < -0.39 is 11.4 Å². The summed E-state index contributed by atoms with van der Waals surface area (Å²) in [5, 5.41) is 22.5. The summed E-state index contributed by atoms with van der Waals surface area (Å²) < 4.78 is 17.8. The van der Waals surface area contributed by atoms with Crippen LogP contribution in [0.4, 0.5) is 10.1 Å². The Bertz CT molecular complexity index is 1650. The topological polar surface area (TPSA) is 83.5 Å². The molecule has 5 rings (SSSR count). The number of halogens is 2. The number of nitrogens with zero attached hydrogens (tertiary/aromatic N) is 4. The Labute approximate surface area is 232 Å². The molecule has 1 aliphatic heterocycles. The highest BCUT2D eigenvalue weighted by Crippen LogP contribution is 2.43. The van der Waals surface area contributed by atoms with Crippen molar-refractivity contribution in [1.82, 2.24) is 14.0 Å². The van der Waals surface area contributed by atoms with Crippen molar-refractivity contribution in [3.8, 4) is 33.7 Å². The van der Waals surface area contributed by atoms with Gasteiger partial charge < -0.3 is 19.6 Å². The van der Waals surface area contributed by atoms with E-state index in [2.05, 4.69) is 9.88 Å². The molecule has 2 aromatic heterocycles. The zero-order chi connectivity index (χ0) is 28.3. The zero-order valence-electron chi connectivity index (χ0n) is 22.7. The number of hydrogen-bond acceptors (Lipinski definition) is 5. The van der Waals surface area contributed by atoms with E-state index in [1.807, 2.05) is 33.8 Å². The molecule has 0 aliphatic carbocycles. The molecular formula is C29H31BClFN4O3. The lowest BCUT2D eigenvalue weighted by Crippen LogP contribution is -2.56. The van der Waals surface area contributed by atoms with E-state index in [1.54, 1.807) is 44.8 Å². The summed E-state index contributed by atoms with van der Waals surface area (Å²) in [6.45, 7) is 9.15. The largest absolute Gasteiger partial charge is 0.507 e. The number of phenols is 1. The van der Waals surface area contributed by atoms with E-state index in [9.17, 15) is 19.4 Å². The van der Waals surface area contributed by atoms with Crippen molar-refractivity contribution >= 4 is 25.3 Å². The third kappa shape index (κ3) is 4.74. The van der Waals surface area contributed by atoms with Gasteiger partial charge in [0.25, 0.3) is 0 Å². The molecule has 0 saturated carbocycles. The molecule has 10 heteroatoms. The van der Waals surface area contributed by atoms with Gasteiger partial charge in [0.1, 0.15) is 11.6 Å². The van der Waals surface area contributed by atoms with Crippen LogP contribution in [0.1, 0.15) is 32.9 Å². The molecule has 1 atom stereocenters. The van der Waals surface area contributed by atoms with Gasteiger partial charge in [-0.2, -0.15) is 0 Å². The minimum Gasteiger partial charge on any atom is -0.507 e. The van der Waals surface area contributed by atoms with E-state index in [0.29, 0.717) is 41.9 Å². The van der Waals surface area contributed by atoms with Crippen LogP contribution >= 0.6 is 11.6 Å². The van der Waals surface area contributed by atoms with Crippen molar-refractivity contribution in [2.45, 2.75) is 39.7 Å². The first-order chi connectivity index (χ1) is 18.3. The van der Waals surface area contributed by atoms with Crippen LogP contribution in [-0.2, 0) is 0 Å². The Kier molecular flexibility index (Phi) is 6.63. The number of aliphatic hydroxyl groups is 1. The summed E-state index contributed by atoms with van der Waals surface area (Å²) in [6.07, 6.45) is 5.48. The van der Waals surface area contributed by atoms with Crippen molar-refractivity contribution in [3.05, 3.63) is 82.0 Å². The molecule has 7 nitrogen and oxygen atoms in total. The molecule has 2 N–H and O–H groups in total. The number of hydrogen-bond donors (Lipinski definition) is 2. The lowest BCUT2D eigenvalue weighted by Gasteiger charge is -2.49. The Morgan fingerprint density at radius 3 is 2.36 bits per heavy atom. The van der Waals surface area contributed by atoms with Crippen molar-refractivity contribution < 1.29 is 14.6 Å². The van der Waals surface area contributed by atoms with Gasteiger partial charge in [-0.3, -0.25) is 9.55 Å². The lowest BCUT2D eigenvalue weighted by atomic mass is 9.71. The predicted octanol–water partition coefficient (Wildman–Crippen LogP) is 4.56. The first-order valence-corrected chi connectivity index (χ1v) is 13.2. The molecule has 0 radical (unpaired) electrons. The fourth-order valence-electron chi connectivity index (χ4n) is 5.17. The van der Waals surface area contributed by atoms with Gasteiger partial charge in [-0.25, -0.2) is 9.18 Å². The molecule has 39 heavy (non-hydrogen) atoms. The normalized spacial score (nSPS) is 18.9. The molecule has 4 aromatic rings. The number of aromatic nitrogens is 3. The molecule has 202 valence electrons. The number of rotatable bonds is 4. The van der Waals surface area contributed by atoms with E-state index in [1.165, 1.54) is 21.2 Å². The van der Waals surface area contributed by atoms with E-state index in [4.69, 9.17) is 11.6 Å². The van der Waals surface area contributed by atoms with Crippen LogP contribution in [0.25, 0.3) is 27.9 Å². The summed E-state index contributed by atoms with van der Waals surface area (Å²) >= 11 is 6.53. The van der Waals surface area contributed by atoms with Gasteiger partial charge in [0, 0.05) is 53.8 Å². The molecule has 1 saturated heterocycles. The Morgan fingerprint density at radius 2 is 1.74 bits per heavy atom. The summed E-state index contributed by atoms with van der Waals surface area (Å²) in [5.74, 6) is -0.620. The Balaban J connectivity index is 1.55. The number of piperidine rings is 1. The van der Waals surface area contributed by atoms with Gasteiger partial charge in [0.2, 0.25) is 7.98 Å². The van der Waals surface area contributed by atoms with Crippen LogP contribution in [0.3, 0.4) is 0 Å². The molecule has 0 amide bonds. The zero-order valence-corrected chi connectivity index (χ0v) is 23.4. The van der Waals surface area contributed by atoms with Gasteiger partial charge in [-0.05, 0) is 56.2 Å². The summed E-state index contributed by atoms with van der Waals surface area (Å²) in [5.41, 5.74) is 2.45. The summed E-state index contributed by atoms with van der Waals surface area (Å²) in [6, 6.07) is 9.43. The average molecular weight is 549 g/mol. The fraction of sp³-hybridized carbons (Fsp3) is 0.310. The van der Waals surface area contributed by atoms with Crippen molar-refractivity contribution in [1.29, 1.82) is 0 Å². The average Bonchev–Trinajstić information content (AvgIpc) is 3.20. The van der Waals surface area contributed by atoms with Crippen LogP contribution in [0.15, 0.2) is 59.8 Å². The van der Waals surface area contributed by atoms with Crippen molar-refractivity contribution in [2.75, 3.05) is 18.0 Å². The SMILES string of the molecule is Bn1ccn(-c2ccc(-c3cc(F)cc(-c4cnc(C)c(N5CC[C@](C)(O)C(C)(C)C5)c4)c3O)cc2Cl)c1=O. The molecule has 2 aromatic carbocycles.